The number of guanidine groups is 1. The Kier molecular flexibility index (Phi) is 10.2. The van der Waals surface area contributed by atoms with Crippen molar-refractivity contribution in [1.82, 2.24) is 10.2 Å². The van der Waals surface area contributed by atoms with Gasteiger partial charge in [-0.25, -0.2) is 0 Å². The molecule has 0 aromatic carbocycles. The predicted molar refractivity (Wildman–Crippen MR) is 75.0 cm³/mol. The van der Waals surface area contributed by atoms with Crippen LogP contribution in [-0.2, 0) is 4.74 Å². The summed E-state index contributed by atoms with van der Waals surface area (Å²) in [6.45, 7) is 5.11. The minimum Gasteiger partial charge on any atom is -0.372 e. The van der Waals surface area contributed by atoms with Crippen LogP contribution in [0.25, 0.3) is 0 Å². The van der Waals surface area contributed by atoms with Crippen LogP contribution >= 0.6 is 0 Å². The fourth-order valence-corrected chi connectivity index (χ4v) is 1.51. The number of halogens is 3. The van der Waals surface area contributed by atoms with Crippen molar-refractivity contribution < 1.29 is 17.9 Å². The van der Waals surface area contributed by atoms with Crippen molar-refractivity contribution in [3.05, 3.63) is 0 Å². The summed E-state index contributed by atoms with van der Waals surface area (Å²) >= 11 is 0. The van der Waals surface area contributed by atoms with Gasteiger partial charge in [0.05, 0.1) is 0 Å². The number of alkyl halides is 3. The lowest BCUT2D eigenvalue weighted by molar-refractivity contribution is -0.173. The molecule has 0 heterocycles. The van der Waals surface area contributed by atoms with E-state index in [0.29, 0.717) is 13.0 Å². The Bertz CT molecular complexity index is 270. The Morgan fingerprint density at radius 1 is 1.25 bits per heavy atom. The van der Waals surface area contributed by atoms with Gasteiger partial charge in [0.2, 0.25) is 0 Å². The average molecular weight is 297 g/mol. The fourth-order valence-electron chi connectivity index (χ4n) is 1.51. The second-order valence-electron chi connectivity index (χ2n) is 4.53. The van der Waals surface area contributed by atoms with E-state index >= 15 is 0 Å². The molecule has 0 saturated carbocycles. The maximum Gasteiger partial charge on any atom is 0.411 e. The van der Waals surface area contributed by atoms with Crippen molar-refractivity contribution in [1.29, 1.82) is 0 Å². The molecular formula is C13H26F3N3O. The predicted octanol–water partition coefficient (Wildman–Crippen LogP) is 2.65. The van der Waals surface area contributed by atoms with E-state index in [0.717, 1.165) is 31.9 Å². The molecule has 0 unspecified atom stereocenters. The number of nitrogens with zero attached hydrogens (tertiary/aromatic N) is 2. The van der Waals surface area contributed by atoms with Crippen LogP contribution < -0.4 is 5.32 Å². The van der Waals surface area contributed by atoms with Gasteiger partial charge in [-0.2, -0.15) is 13.2 Å². The van der Waals surface area contributed by atoms with E-state index in [-0.39, 0.29) is 6.61 Å². The van der Waals surface area contributed by atoms with Crippen molar-refractivity contribution in [2.75, 3.05) is 39.9 Å². The van der Waals surface area contributed by atoms with Crippen molar-refractivity contribution in [3.63, 3.8) is 0 Å². The molecule has 1 N–H and O–H groups in total. The van der Waals surface area contributed by atoms with Gasteiger partial charge in [0.15, 0.2) is 5.96 Å². The lowest BCUT2D eigenvalue weighted by Gasteiger charge is -2.21. The summed E-state index contributed by atoms with van der Waals surface area (Å²) in [5.41, 5.74) is 0. The van der Waals surface area contributed by atoms with Crippen molar-refractivity contribution in [3.8, 4) is 0 Å². The highest BCUT2D eigenvalue weighted by atomic mass is 19.4. The highest BCUT2D eigenvalue weighted by molar-refractivity contribution is 5.79. The van der Waals surface area contributed by atoms with E-state index in [2.05, 4.69) is 22.0 Å². The fraction of sp³-hybridized carbons (Fsp3) is 0.923. The summed E-state index contributed by atoms with van der Waals surface area (Å²) in [6, 6.07) is 0. The Hall–Kier alpha value is -0.980. The third kappa shape index (κ3) is 10.9. The van der Waals surface area contributed by atoms with E-state index in [1.807, 2.05) is 18.9 Å². The molecule has 0 rings (SSSR count). The van der Waals surface area contributed by atoms with Crippen LogP contribution in [0.3, 0.4) is 0 Å². The minimum atomic E-state index is -4.25. The Balaban J connectivity index is 3.96. The van der Waals surface area contributed by atoms with E-state index in [9.17, 15) is 13.2 Å². The smallest absolute Gasteiger partial charge is 0.372 e. The zero-order valence-electron chi connectivity index (χ0n) is 12.6. The Morgan fingerprint density at radius 3 is 2.50 bits per heavy atom. The van der Waals surface area contributed by atoms with Crippen LogP contribution in [0.15, 0.2) is 4.99 Å². The molecule has 7 heteroatoms. The van der Waals surface area contributed by atoms with E-state index in [1.165, 1.54) is 0 Å². The first-order valence-electron chi connectivity index (χ1n) is 7.04. The molecule has 120 valence electrons. The molecule has 0 bridgehead atoms. The first-order valence-corrected chi connectivity index (χ1v) is 7.04. The first-order chi connectivity index (χ1) is 9.40. The van der Waals surface area contributed by atoms with Crippen molar-refractivity contribution >= 4 is 5.96 Å². The summed E-state index contributed by atoms with van der Waals surface area (Å²) in [5, 5.41) is 3.16. The van der Waals surface area contributed by atoms with E-state index < -0.39 is 12.8 Å². The molecule has 0 amide bonds. The third-order valence-electron chi connectivity index (χ3n) is 2.52. The van der Waals surface area contributed by atoms with Gasteiger partial charge in [-0.05, 0) is 19.8 Å². The molecule has 0 radical (unpaired) electrons. The summed E-state index contributed by atoms with van der Waals surface area (Å²) in [4.78, 5) is 6.40. The monoisotopic (exact) mass is 297 g/mol. The number of ether oxygens (including phenoxy) is 1. The molecule has 0 fully saturated rings. The highest BCUT2D eigenvalue weighted by Crippen LogP contribution is 2.14. The van der Waals surface area contributed by atoms with Crippen LogP contribution in [0.4, 0.5) is 13.2 Å². The van der Waals surface area contributed by atoms with Gasteiger partial charge in [0, 0.05) is 33.3 Å². The second-order valence-corrected chi connectivity index (χ2v) is 4.53. The van der Waals surface area contributed by atoms with Crippen LogP contribution in [0.5, 0.6) is 0 Å². The van der Waals surface area contributed by atoms with Gasteiger partial charge in [0.25, 0.3) is 0 Å². The number of hydrogen-bond acceptors (Lipinski definition) is 2. The number of aliphatic imine (C=N–C) groups is 1. The molecule has 0 aliphatic heterocycles. The van der Waals surface area contributed by atoms with E-state index in [1.54, 1.807) is 0 Å². The van der Waals surface area contributed by atoms with Gasteiger partial charge >= 0.3 is 6.18 Å². The zero-order valence-corrected chi connectivity index (χ0v) is 12.6. The van der Waals surface area contributed by atoms with Crippen LogP contribution in [0.2, 0.25) is 0 Å². The number of rotatable bonds is 9. The van der Waals surface area contributed by atoms with Gasteiger partial charge < -0.3 is 15.0 Å². The SMILES string of the molecule is CCCCN(C)C(=NCCCOCC(F)(F)F)NCC. The van der Waals surface area contributed by atoms with Crippen LogP contribution in [0.1, 0.15) is 33.1 Å². The number of unbranched alkanes of at least 4 members (excludes halogenated alkanes) is 1. The van der Waals surface area contributed by atoms with Crippen molar-refractivity contribution in [2.24, 2.45) is 4.99 Å². The minimum absolute atomic E-state index is 0.0705. The standard InChI is InChI=1S/C13H26F3N3O/c1-4-6-9-19(3)12(17-5-2)18-8-7-10-20-11-13(14,15)16/h4-11H2,1-3H3,(H,17,18). The topological polar surface area (TPSA) is 36.9 Å². The largest absolute Gasteiger partial charge is 0.411 e. The summed E-state index contributed by atoms with van der Waals surface area (Å²) in [7, 11) is 1.96. The van der Waals surface area contributed by atoms with Crippen LogP contribution in [-0.4, -0.2) is 56.9 Å². The molecule has 0 spiro atoms. The second kappa shape index (κ2) is 10.8. The number of hydrogen-bond donors (Lipinski definition) is 1. The Morgan fingerprint density at radius 2 is 1.95 bits per heavy atom. The molecule has 4 nitrogen and oxygen atoms in total. The Labute approximate surface area is 119 Å². The van der Waals surface area contributed by atoms with Crippen LogP contribution in [0, 0.1) is 0 Å². The molecule has 0 atom stereocenters. The maximum absolute atomic E-state index is 11.8. The van der Waals surface area contributed by atoms with Gasteiger partial charge in [-0.3, -0.25) is 4.99 Å². The maximum atomic E-state index is 11.8. The highest BCUT2D eigenvalue weighted by Gasteiger charge is 2.27. The lowest BCUT2D eigenvalue weighted by atomic mass is 10.3. The summed E-state index contributed by atoms with van der Waals surface area (Å²) in [6.07, 6.45) is -1.59. The summed E-state index contributed by atoms with van der Waals surface area (Å²) < 4.78 is 40.1. The quantitative estimate of drug-likeness (QED) is 0.404. The van der Waals surface area contributed by atoms with Gasteiger partial charge in [-0.15, -0.1) is 0 Å². The zero-order chi connectivity index (χ0) is 15.4. The third-order valence-corrected chi connectivity index (χ3v) is 2.52. The molecule has 0 saturated heterocycles. The molecule has 20 heavy (non-hydrogen) atoms. The molecule has 0 aromatic heterocycles. The molecule has 0 aliphatic rings. The number of nitrogens with one attached hydrogen (secondary N) is 1. The normalized spacial score (nSPS) is 12.6. The molecule has 0 aliphatic carbocycles. The lowest BCUT2D eigenvalue weighted by Crippen LogP contribution is -2.39. The first kappa shape index (κ1) is 19.0. The molecule has 0 aromatic rings. The summed E-state index contributed by atoms with van der Waals surface area (Å²) in [5.74, 6) is 0.789. The van der Waals surface area contributed by atoms with E-state index in [4.69, 9.17) is 0 Å². The van der Waals surface area contributed by atoms with Gasteiger partial charge in [-0.1, -0.05) is 13.3 Å². The average Bonchev–Trinajstić information content (AvgIpc) is 2.37. The van der Waals surface area contributed by atoms with Crippen molar-refractivity contribution in [2.45, 2.75) is 39.3 Å². The molecular weight excluding hydrogens is 271 g/mol. The van der Waals surface area contributed by atoms with Gasteiger partial charge in [0.1, 0.15) is 6.61 Å².